The molecule has 1 aliphatic rings. The average molecular weight is 261 g/mol. The van der Waals surface area contributed by atoms with Gasteiger partial charge in [0.1, 0.15) is 0 Å². The fraction of sp³-hybridized carbons (Fsp3) is 0.647. The molecule has 19 heavy (non-hydrogen) atoms. The van der Waals surface area contributed by atoms with E-state index in [0.717, 1.165) is 18.4 Å². The Bertz CT molecular complexity index is 369. The van der Waals surface area contributed by atoms with Crippen LogP contribution in [0.25, 0.3) is 0 Å². The number of hydrogen-bond acceptors (Lipinski definition) is 2. The van der Waals surface area contributed by atoms with Gasteiger partial charge in [-0.15, -0.1) is 0 Å². The van der Waals surface area contributed by atoms with E-state index in [1.165, 1.54) is 43.4 Å². The minimum atomic E-state index is 0.703. The lowest BCUT2D eigenvalue weighted by Crippen LogP contribution is -2.25. The zero-order valence-electron chi connectivity index (χ0n) is 12.3. The maximum absolute atomic E-state index is 5.17. The van der Waals surface area contributed by atoms with E-state index in [-0.39, 0.29) is 0 Å². The number of methoxy groups -OCH3 is 1. The van der Waals surface area contributed by atoms with Crippen molar-refractivity contribution in [2.75, 3.05) is 13.7 Å². The summed E-state index contributed by atoms with van der Waals surface area (Å²) in [4.78, 5) is 0. The summed E-state index contributed by atoms with van der Waals surface area (Å²) in [5.74, 6) is 1.83. The molecule has 1 aromatic rings. The Morgan fingerprint density at radius 3 is 2.63 bits per heavy atom. The molecule has 0 atom stereocenters. The van der Waals surface area contributed by atoms with E-state index in [1.807, 2.05) is 0 Å². The Labute approximate surface area is 117 Å². The molecule has 0 amide bonds. The fourth-order valence-electron chi connectivity index (χ4n) is 2.95. The lowest BCUT2D eigenvalue weighted by atomic mass is 9.83. The van der Waals surface area contributed by atoms with Gasteiger partial charge in [-0.3, -0.25) is 0 Å². The number of rotatable bonds is 6. The van der Waals surface area contributed by atoms with Crippen LogP contribution in [-0.2, 0) is 17.9 Å². The lowest BCUT2D eigenvalue weighted by Gasteiger charge is -2.26. The molecule has 0 unspecified atom stereocenters. The van der Waals surface area contributed by atoms with Gasteiger partial charge < -0.3 is 10.1 Å². The Morgan fingerprint density at radius 1 is 1.16 bits per heavy atom. The highest BCUT2D eigenvalue weighted by Gasteiger charge is 2.17. The van der Waals surface area contributed by atoms with Crippen LogP contribution in [0.3, 0.4) is 0 Å². The van der Waals surface area contributed by atoms with Crippen molar-refractivity contribution in [1.29, 1.82) is 0 Å². The van der Waals surface area contributed by atoms with Crippen molar-refractivity contribution in [3.63, 3.8) is 0 Å². The van der Waals surface area contributed by atoms with Gasteiger partial charge in [0.05, 0.1) is 6.61 Å². The molecule has 2 heteroatoms. The maximum atomic E-state index is 5.17. The average Bonchev–Trinajstić information content (AvgIpc) is 2.42. The summed E-state index contributed by atoms with van der Waals surface area (Å²) in [6, 6.07) is 8.66. The Kier molecular flexibility index (Phi) is 5.87. The van der Waals surface area contributed by atoms with Crippen molar-refractivity contribution in [1.82, 2.24) is 5.32 Å². The van der Waals surface area contributed by atoms with Crippen LogP contribution >= 0.6 is 0 Å². The molecule has 0 aliphatic heterocycles. The summed E-state index contributed by atoms with van der Waals surface area (Å²) < 4.78 is 5.17. The third-order valence-corrected chi connectivity index (χ3v) is 4.20. The van der Waals surface area contributed by atoms with Crippen molar-refractivity contribution >= 4 is 0 Å². The smallest absolute Gasteiger partial charge is 0.0713 e. The Balaban J connectivity index is 1.71. The van der Waals surface area contributed by atoms with Crippen LogP contribution in [0.2, 0.25) is 0 Å². The normalized spacial score (nSPS) is 23.5. The molecule has 1 N–H and O–H groups in total. The molecule has 2 nitrogen and oxygen atoms in total. The SMILES string of the molecule is COCc1cccc(CNCC2CCC(C)CC2)c1. The van der Waals surface area contributed by atoms with E-state index in [2.05, 4.69) is 36.5 Å². The zero-order valence-corrected chi connectivity index (χ0v) is 12.3. The molecule has 0 aromatic heterocycles. The summed E-state index contributed by atoms with van der Waals surface area (Å²) in [5, 5.41) is 3.61. The van der Waals surface area contributed by atoms with E-state index in [0.29, 0.717) is 6.61 Å². The summed E-state index contributed by atoms with van der Waals surface area (Å²) >= 11 is 0. The molecule has 0 heterocycles. The van der Waals surface area contributed by atoms with Gasteiger partial charge in [-0.2, -0.15) is 0 Å². The first kappa shape index (κ1) is 14.5. The highest BCUT2D eigenvalue weighted by molar-refractivity contribution is 5.22. The van der Waals surface area contributed by atoms with Crippen LogP contribution in [0.1, 0.15) is 43.7 Å². The topological polar surface area (TPSA) is 21.3 Å². The third kappa shape index (κ3) is 4.96. The second kappa shape index (κ2) is 7.66. The monoisotopic (exact) mass is 261 g/mol. The van der Waals surface area contributed by atoms with Crippen molar-refractivity contribution < 1.29 is 4.74 Å². The molecular formula is C17H27NO. The second-order valence-electron chi connectivity index (χ2n) is 6.01. The van der Waals surface area contributed by atoms with Gasteiger partial charge in [0.2, 0.25) is 0 Å². The van der Waals surface area contributed by atoms with Crippen molar-refractivity contribution in [3.8, 4) is 0 Å². The molecule has 0 spiro atoms. The van der Waals surface area contributed by atoms with Gasteiger partial charge >= 0.3 is 0 Å². The van der Waals surface area contributed by atoms with Crippen molar-refractivity contribution in [2.24, 2.45) is 11.8 Å². The molecular weight excluding hydrogens is 234 g/mol. The summed E-state index contributed by atoms with van der Waals surface area (Å²) in [5.41, 5.74) is 2.62. The van der Waals surface area contributed by atoms with Crippen LogP contribution in [0.4, 0.5) is 0 Å². The first-order valence-corrected chi connectivity index (χ1v) is 7.55. The highest BCUT2D eigenvalue weighted by Crippen LogP contribution is 2.27. The van der Waals surface area contributed by atoms with E-state index in [9.17, 15) is 0 Å². The Hall–Kier alpha value is -0.860. The van der Waals surface area contributed by atoms with Crippen LogP contribution in [0.15, 0.2) is 24.3 Å². The molecule has 0 saturated heterocycles. The number of nitrogens with one attached hydrogen (secondary N) is 1. The number of hydrogen-bond donors (Lipinski definition) is 1. The fourth-order valence-corrected chi connectivity index (χ4v) is 2.95. The third-order valence-electron chi connectivity index (χ3n) is 4.20. The molecule has 0 bridgehead atoms. The second-order valence-corrected chi connectivity index (χ2v) is 6.01. The van der Waals surface area contributed by atoms with Gasteiger partial charge in [-0.05, 0) is 42.3 Å². The van der Waals surface area contributed by atoms with Gasteiger partial charge in [0, 0.05) is 13.7 Å². The standard InChI is InChI=1S/C17H27NO/c1-14-6-8-15(9-7-14)11-18-12-16-4-3-5-17(10-16)13-19-2/h3-5,10,14-15,18H,6-9,11-13H2,1-2H3. The number of benzene rings is 1. The van der Waals surface area contributed by atoms with Crippen LogP contribution in [-0.4, -0.2) is 13.7 Å². The zero-order chi connectivity index (χ0) is 13.5. The van der Waals surface area contributed by atoms with Crippen molar-refractivity contribution in [3.05, 3.63) is 35.4 Å². The molecule has 0 radical (unpaired) electrons. The molecule has 106 valence electrons. The van der Waals surface area contributed by atoms with Crippen LogP contribution in [0, 0.1) is 11.8 Å². The van der Waals surface area contributed by atoms with Gasteiger partial charge in [-0.25, -0.2) is 0 Å². The molecule has 1 aromatic carbocycles. The van der Waals surface area contributed by atoms with Gasteiger partial charge in [-0.1, -0.05) is 44.0 Å². The predicted molar refractivity (Wildman–Crippen MR) is 80.0 cm³/mol. The minimum Gasteiger partial charge on any atom is -0.380 e. The molecule has 1 aliphatic carbocycles. The van der Waals surface area contributed by atoms with Gasteiger partial charge in [0.25, 0.3) is 0 Å². The van der Waals surface area contributed by atoms with Crippen molar-refractivity contribution in [2.45, 2.75) is 45.8 Å². The number of ether oxygens (including phenoxy) is 1. The van der Waals surface area contributed by atoms with E-state index < -0.39 is 0 Å². The quantitative estimate of drug-likeness (QED) is 0.842. The first-order valence-electron chi connectivity index (χ1n) is 7.55. The predicted octanol–water partition coefficient (Wildman–Crippen LogP) is 3.75. The lowest BCUT2D eigenvalue weighted by molar-refractivity contribution is 0.185. The molecule has 1 saturated carbocycles. The van der Waals surface area contributed by atoms with E-state index >= 15 is 0 Å². The Morgan fingerprint density at radius 2 is 1.89 bits per heavy atom. The summed E-state index contributed by atoms with van der Waals surface area (Å²) in [6.45, 7) is 5.23. The molecule has 1 fully saturated rings. The first-order chi connectivity index (χ1) is 9.28. The van der Waals surface area contributed by atoms with Crippen LogP contribution in [0.5, 0.6) is 0 Å². The van der Waals surface area contributed by atoms with Gasteiger partial charge in [0.15, 0.2) is 0 Å². The van der Waals surface area contributed by atoms with E-state index in [4.69, 9.17) is 4.74 Å². The largest absolute Gasteiger partial charge is 0.380 e. The van der Waals surface area contributed by atoms with Crippen LogP contribution < -0.4 is 5.32 Å². The summed E-state index contributed by atoms with van der Waals surface area (Å²) in [6.07, 6.45) is 5.63. The van der Waals surface area contributed by atoms with E-state index in [1.54, 1.807) is 7.11 Å². The minimum absolute atomic E-state index is 0.703. The molecule has 2 rings (SSSR count). The maximum Gasteiger partial charge on any atom is 0.0713 e. The highest BCUT2D eigenvalue weighted by atomic mass is 16.5. The summed E-state index contributed by atoms with van der Waals surface area (Å²) in [7, 11) is 1.75.